The Kier molecular flexibility index (Phi) is 4.90. The zero-order chi connectivity index (χ0) is 16.1. The third-order valence-electron chi connectivity index (χ3n) is 4.37. The lowest BCUT2D eigenvalue weighted by molar-refractivity contribution is 0.262. The lowest BCUT2D eigenvalue weighted by Gasteiger charge is -2.20. The average Bonchev–Trinajstić information content (AvgIpc) is 2.97. The molecule has 6 nitrogen and oxygen atoms in total. The lowest BCUT2D eigenvalue weighted by atomic mass is 9.86. The second-order valence-electron chi connectivity index (χ2n) is 6.26. The molecule has 2 heterocycles. The minimum atomic E-state index is -0.296. The van der Waals surface area contributed by atoms with Gasteiger partial charge < -0.3 is 5.32 Å². The summed E-state index contributed by atoms with van der Waals surface area (Å²) in [5, 5.41) is 12.8. The van der Waals surface area contributed by atoms with E-state index in [0.29, 0.717) is 5.82 Å². The Morgan fingerprint density at radius 1 is 1.30 bits per heavy atom. The van der Waals surface area contributed by atoms with Gasteiger partial charge in [-0.3, -0.25) is 15.4 Å². The number of rotatable bonds is 4. The van der Waals surface area contributed by atoms with Gasteiger partial charge in [0.2, 0.25) is 0 Å². The molecule has 0 bridgehead atoms. The van der Waals surface area contributed by atoms with Crippen molar-refractivity contribution in [3.63, 3.8) is 0 Å². The molecular weight excluding hydrogens is 290 g/mol. The molecule has 1 aliphatic carbocycles. The smallest absolute Gasteiger partial charge is 0.307 e. The molecule has 0 radical (unpaired) electrons. The molecule has 3 N–H and O–H groups in total. The van der Waals surface area contributed by atoms with E-state index in [9.17, 15) is 4.79 Å². The van der Waals surface area contributed by atoms with Crippen LogP contribution < -0.4 is 10.6 Å². The molecule has 3 rings (SSSR count). The first kappa shape index (κ1) is 15.5. The van der Waals surface area contributed by atoms with Crippen LogP contribution in [0.25, 0.3) is 0 Å². The minimum Gasteiger partial charge on any atom is -0.307 e. The highest BCUT2D eigenvalue weighted by Gasteiger charge is 2.15. The van der Waals surface area contributed by atoms with Gasteiger partial charge in [-0.15, -0.1) is 0 Å². The molecule has 1 saturated carbocycles. The minimum absolute atomic E-state index is 0.296. The van der Waals surface area contributed by atoms with Crippen LogP contribution in [0.2, 0.25) is 0 Å². The number of aromatic amines is 1. The van der Waals surface area contributed by atoms with Crippen molar-refractivity contribution in [2.24, 2.45) is 5.92 Å². The standard InChI is InChI=1S/C17H23N5O/c1-12-11-18-8-7-15(12)19-17(23)20-16-10-14(21-22-16)9-13-5-3-2-4-6-13/h7-8,10-11,13H,2-6,9H2,1H3,(H3,18,19,20,21,22,23). The number of hydrogen-bond donors (Lipinski definition) is 3. The van der Waals surface area contributed by atoms with E-state index >= 15 is 0 Å². The number of urea groups is 1. The molecule has 2 aromatic heterocycles. The van der Waals surface area contributed by atoms with Crippen molar-refractivity contribution < 1.29 is 4.79 Å². The van der Waals surface area contributed by atoms with E-state index < -0.39 is 0 Å². The van der Waals surface area contributed by atoms with Gasteiger partial charge in [-0.05, 0) is 30.9 Å². The molecule has 1 fully saturated rings. The van der Waals surface area contributed by atoms with E-state index in [2.05, 4.69) is 25.8 Å². The highest BCUT2D eigenvalue weighted by molar-refractivity contribution is 5.99. The largest absolute Gasteiger partial charge is 0.324 e. The second kappa shape index (κ2) is 7.26. The number of amides is 2. The molecule has 122 valence electrons. The van der Waals surface area contributed by atoms with E-state index in [1.807, 2.05) is 13.0 Å². The molecule has 1 aliphatic rings. The van der Waals surface area contributed by atoms with Gasteiger partial charge in [-0.25, -0.2) is 4.79 Å². The third kappa shape index (κ3) is 4.31. The summed E-state index contributed by atoms with van der Waals surface area (Å²) in [6.07, 6.45) is 11.0. The van der Waals surface area contributed by atoms with E-state index in [-0.39, 0.29) is 6.03 Å². The first-order valence-corrected chi connectivity index (χ1v) is 8.23. The molecule has 0 atom stereocenters. The summed E-state index contributed by atoms with van der Waals surface area (Å²) >= 11 is 0. The Morgan fingerprint density at radius 2 is 2.13 bits per heavy atom. The van der Waals surface area contributed by atoms with Crippen LogP contribution in [-0.2, 0) is 6.42 Å². The number of hydrogen-bond acceptors (Lipinski definition) is 3. The van der Waals surface area contributed by atoms with Crippen LogP contribution >= 0.6 is 0 Å². The van der Waals surface area contributed by atoms with E-state index in [4.69, 9.17) is 0 Å². The summed E-state index contributed by atoms with van der Waals surface area (Å²) in [5.41, 5.74) is 2.76. The van der Waals surface area contributed by atoms with E-state index in [1.165, 1.54) is 32.1 Å². The average molecular weight is 313 g/mol. The van der Waals surface area contributed by atoms with Crippen LogP contribution in [-0.4, -0.2) is 21.2 Å². The van der Waals surface area contributed by atoms with Crippen molar-refractivity contribution in [3.8, 4) is 0 Å². The van der Waals surface area contributed by atoms with Crippen molar-refractivity contribution >= 4 is 17.5 Å². The maximum atomic E-state index is 12.0. The summed E-state index contributed by atoms with van der Waals surface area (Å²) in [4.78, 5) is 16.0. The van der Waals surface area contributed by atoms with Crippen LogP contribution in [0.4, 0.5) is 16.3 Å². The molecule has 2 amide bonds. The van der Waals surface area contributed by atoms with Crippen molar-refractivity contribution in [1.29, 1.82) is 0 Å². The molecule has 2 aromatic rings. The number of carbonyl (C=O) groups excluding carboxylic acids is 1. The molecule has 0 spiro atoms. The van der Waals surface area contributed by atoms with E-state index in [1.54, 1.807) is 18.5 Å². The molecule has 23 heavy (non-hydrogen) atoms. The highest BCUT2D eigenvalue weighted by atomic mass is 16.2. The van der Waals surface area contributed by atoms with E-state index in [0.717, 1.165) is 29.3 Å². The Bertz CT molecular complexity index is 661. The first-order valence-electron chi connectivity index (χ1n) is 8.23. The fourth-order valence-corrected chi connectivity index (χ4v) is 3.12. The van der Waals surface area contributed by atoms with Crippen molar-refractivity contribution in [2.75, 3.05) is 10.6 Å². The summed E-state index contributed by atoms with van der Waals surface area (Å²) < 4.78 is 0. The number of nitrogens with one attached hydrogen (secondary N) is 3. The normalized spacial score (nSPS) is 15.3. The Balaban J connectivity index is 1.54. The van der Waals surface area contributed by atoms with Crippen LogP contribution in [0, 0.1) is 12.8 Å². The highest BCUT2D eigenvalue weighted by Crippen LogP contribution is 2.26. The maximum Gasteiger partial charge on any atom is 0.324 e. The summed E-state index contributed by atoms with van der Waals surface area (Å²) in [6, 6.07) is 3.40. The molecule has 6 heteroatoms. The maximum absolute atomic E-state index is 12.0. The van der Waals surface area contributed by atoms with Crippen molar-refractivity contribution in [1.82, 2.24) is 15.2 Å². The van der Waals surface area contributed by atoms with Gasteiger partial charge in [-0.2, -0.15) is 5.10 Å². The fraction of sp³-hybridized carbons (Fsp3) is 0.471. The van der Waals surface area contributed by atoms with Crippen molar-refractivity contribution in [2.45, 2.75) is 45.4 Å². The van der Waals surface area contributed by atoms with Crippen LogP contribution in [0.15, 0.2) is 24.5 Å². The first-order chi connectivity index (χ1) is 11.2. The number of aryl methyl sites for hydroxylation is 1. The molecule has 0 saturated heterocycles. The number of carbonyl (C=O) groups is 1. The fourth-order valence-electron chi connectivity index (χ4n) is 3.12. The zero-order valence-corrected chi connectivity index (χ0v) is 13.4. The summed E-state index contributed by atoms with van der Waals surface area (Å²) in [6.45, 7) is 1.90. The van der Waals surface area contributed by atoms with Gasteiger partial charge in [0, 0.05) is 29.8 Å². The quantitative estimate of drug-likeness (QED) is 0.801. The van der Waals surface area contributed by atoms with Gasteiger partial charge in [0.25, 0.3) is 0 Å². The predicted octanol–water partition coefficient (Wildman–Crippen LogP) is 3.88. The van der Waals surface area contributed by atoms with Gasteiger partial charge >= 0.3 is 6.03 Å². The zero-order valence-electron chi connectivity index (χ0n) is 13.4. The summed E-state index contributed by atoms with van der Waals surface area (Å²) in [7, 11) is 0. The topological polar surface area (TPSA) is 82.7 Å². The van der Waals surface area contributed by atoms with Crippen molar-refractivity contribution in [3.05, 3.63) is 35.8 Å². The van der Waals surface area contributed by atoms with Crippen LogP contribution in [0.1, 0.15) is 43.4 Å². The lowest BCUT2D eigenvalue weighted by Crippen LogP contribution is -2.20. The number of anilines is 2. The number of nitrogens with zero attached hydrogens (tertiary/aromatic N) is 2. The third-order valence-corrected chi connectivity index (χ3v) is 4.37. The van der Waals surface area contributed by atoms with Crippen LogP contribution in [0.3, 0.4) is 0 Å². The van der Waals surface area contributed by atoms with Gasteiger partial charge in [0.15, 0.2) is 5.82 Å². The van der Waals surface area contributed by atoms with Gasteiger partial charge in [-0.1, -0.05) is 32.1 Å². The molecule has 0 aromatic carbocycles. The molecular formula is C17H23N5O. The van der Waals surface area contributed by atoms with Gasteiger partial charge in [0.05, 0.1) is 0 Å². The Morgan fingerprint density at radius 3 is 2.91 bits per heavy atom. The number of aromatic nitrogens is 3. The predicted molar refractivity (Wildman–Crippen MR) is 90.5 cm³/mol. The molecule has 0 unspecified atom stereocenters. The monoisotopic (exact) mass is 313 g/mol. The number of pyridine rings is 1. The summed E-state index contributed by atoms with van der Waals surface area (Å²) in [5.74, 6) is 1.30. The van der Waals surface area contributed by atoms with Crippen LogP contribution in [0.5, 0.6) is 0 Å². The SMILES string of the molecule is Cc1cnccc1NC(=O)Nc1cc(CC2CCCCC2)[nH]n1. The Hall–Kier alpha value is -2.37. The number of H-pyrrole nitrogens is 1. The second-order valence-corrected chi connectivity index (χ2v) is 6.26. The molecule has 0 aliphatic heterocycles. The Labute approximate surface area is 136 Å². The van der Waals surface area contributed by atoms with Gasteiger partial charge in [0.1, 0.15) is 0 Å².